The first-order chi connectivity index (χ1) is 7.01. The summed E-state index contributed by atoms with van der Waals surface area (Å²) >= 11 is 0. The SMILES string of the molecule is CCC(C#N)C(=O)NC1CCCC1(C)C. The lowest BCUT2D eigenvalue weighted by atomic mass is 9.87. The van der Waals surface area contributed by atoms with E-state index in [2.05, 4.69) is 19.2 Å². The van der Waals surface area contributed by atoms with Gasteiger partial charge in [0.15, 0.2) is 0 Å². The molecule has 0 aromatic carbocycles. The lowest BCUT2D eigenvalue weighted by molar-refractivity contribution is -0.124. The van der Waals surface area contributed by atoms with Crippen LogP contribution in [-0.2, 0) is 4.79 Å². The third kappa shape index (κ3) is 2.71. The van der Waals surface area contributed by atoms with Crippen LogP contribution in [0.4, 0.5) is 0 Å². The Morgan fingerprint density at radius 3 is 2.73 bits per heavy atom. The molecule has 3 nitrogen and oxygen atoms in total. The van der Waals surface area contributed by atoms with Gasteiger partial charge in [0, 0.05) is 6.04 Å². The number of amides is 1. The van der Waals surface area contributed by atoms with Crippen molar-refractivity contribution in [3.63, 3.8) is 0 Å². The Bertz CT molecular complexity index is 278. The van der Waals surface area contributed by atoms with Crippen molar-refractivity contribution in [3.05, 3.63) is 0 Å². The third-order valence-corrected chi connectivity index (χ3v) is 3.45. The van der Waals surface area contributed by atoms with E-state index >= 15 is 0 Å². The summed E-state index contributed by atoms with van der Waals surface area (Å²) in [7, 11) is 0. The molecule has 3 heteroatoms. The van der Waals surface area contributed by atoms with Crippen LogP contribution in [0.3, 0.4) is 0 Å². The molecule has 0 spiro atoms. The predicted octanol–water partition coefficient (Wildman–Crippen LogP) is 2.23. The summed E-state index contributed by atoms with van der Waals surface area (Å²) in [4.78, 5) is 11.7. The molecule has 0 bridgehead atoms. The van der Waals surface area contributed by atoms with Gasteiger partial charge in [-0.25, -0.2) is 0 Å². The minimum absolute atomic E-state index is 0.0972. The van der Waals surface area contributed by atoms with Gasteiger partial charge in [0.25, 0.3) is 0 Å². The first kappa shape index (κ1) is 12.0. The Morgan fingerprint density at radius 2 is 2.33 bits per heavy atom. The van der Waals surface area contributed by atoms with E-state index in [1.807, 2.05) is 13.0 Å². The van der Waals surface area contributed by atoms with Crippen LogP contribution >= 0.6 is 0 Å². The molecule has 2 atom stereocenters. The zero-order valence-corrected chi connectivity index (χ0v) is 9.84. The molecule has 0 aromatic rings. The number of hydrogen-bond acceptors (Lipinski definition) is 2. The van der Waals surface area contributed by atoms with Crippen LogP contribution in [0.25, 0.3) is 0 Å². The Balaban J connectivity index is 2.55. The molecule has 0 saturated heterocycles. The lowest BCUT2D eigenvalue weighted by Crippen LogP contribution is -2.43. The summed E-state index contributed by atoms with van der Waals surface area (Å²) in [6, 6.07) is 2.28. The topological polar surface area (TPSA) is 52.9 Å². The number of rotatable bonds is 3. The maximum atomic E-state index is 11.7. The van der Waals surface area contributed by atoms with Gasteiger partial charge in [-0.05, 0) is 24.7 Å². The fourth-order valence-electron chi connectivity index (χ4n) is 2.20. The van der Waals surface area contributed by atoms with Gasteiger partial charge in [0.2, 0.25) is 5.91 Å². The number of hydrogen-bond donors (Lipinski definition) is 1. The zero-order valence-electron chi connectivity index (χ0n) is 9.84. The lowest BCUT2D eigenvalue weighted by Gasteiger charge is -2.28. The molecule has 1 aliphatic rings. The second-order valence-corrected chi connectivity index (χ2v) is 5.03. The molecule has 2 unspecified atom stereocenters. The van der Waals surface area contributed by atoms with Crippen LogP contribution in [0.5, 0.6) is 0 Å². The normalized spacial score (nSPS) is 25.6. The van der Waals surface area contributed by atoms with Crippen molar-refractivity contribution < 1.29 is 4.79 Å². The summed E-state index contributed by atoms with van der Waals surface area (Å²) < 4.78 is 0. The first-order valence-corrected chi connectivity index (χ1v) is 5.71. The van der Waals surface area contributed by atoms with Crippen LogP contribution in [0.1, 0.15) is 46.5 Å². The Kier molecular flexibility index (Phi) is 3.73. The van der Waals surface area contributed by atoms with E-state index in [4.69, 9.17) is 5.26 Å². The summed E-state index contributed by atoms with van der Waals surface area (Å²) in [5.74, 6) is -0.582. The van der Waals surface area contributed by atoms with Gasteiger partial charge in [0.1, 0.15) is 5.92 Å². The molecule has 1 aliphatic carbocycles. The van der Waals surface area contributed by atoms with Crippen molar-refractivity contribution in [2.75, 3.05) is 0 Å². The van der Waals surface area contributed by atoms with Crippen molar-refractivity contribution in [1.82, 2.24) is 5.32 Å². The number of nitrogens with zero attached hydrogens (tertiary/aromatic N) is 1. The van der Waals surface area contributed by atoms with Crippen LogP contribution in [0, 0.1) is 22.7 Å². The minimum atomic E-state index is -0.485. The van der Waals surface area contributed by atoms with Crippen molar-refractivity contribution in [2.45, 2.75) is 52.5 Å². The monoisotopic (exact) mass is 208 g/mol. The molecule has 1 rings (SSSR count). The highest BCUT2D eigenvalue weighted by Crippen LogP contribution is 2.37. The summed E-state index contributed by atoms with van der Waals surface area (Å²) in [6.45, 7) is 6.23. The average Bonchev–Trinajstić information content (AvgIpc) is 2.48. The molecule has 0 aromatic heterocycles. The molecule has 1 fully saturated rings. The number of carbonyl (C=O) groups excluding carboxylic acids is 1. The summed E-state index contributed by atoms with van der Waals surface area (Å²) in [6.07, 6.45) is 3.96. The second kappa shape index (κ2) is 4.65. The molecule has 1 N–H and O–H groups in total. The smallest absolute Gasteiger partial charge is 0.237 e. The van der Waals surface area contributed by atoms with E-state index in [1.54, 1.807) is 0 Å². The van der Waals surface area contributed by atoms with E-state index in [-0.39, 0.29) is 17.4 Å². The fraction of sp³-hybridized carbons (Fsp3) is 0.833. The molecule has 0 aliphatic heterocycles. The quantitative estimate of drug-likeness (QED) is 0.773. The third-order valence-electron chi connectivity index (χ3n) is 3.45. The van der Waals surface area contributed by atoms with Crippen LogP contribution in [0.2, 0.25) is 0 Å². The number of carbonyl (C=O) groups is 1. The van der Waals surface area contributed by atoms with Gasteiger partial charge in [0.05, 0.1) is 6.07 Å². The van der Waals surface area contributed by atoms with Gasteiger partial charge >= 0.3 is 0 Å². The first-order valence-electron chi connectivity index (χ1n) is 5.71. The molecule has 0 radical (unpaired) electrons. The summed E-state index contributed by atoms with van der Waals surface area (Å²) in [5.41, 5.74) is 0.184. The van der Waals surface area contributed by atoms with Crippen molar-refractivity contribution in [2.24, 2.45) is 11.3 Å². The van der Waals surface area contributed by atoms with E-state index in [1.165, 1.54) is 6.42 Å². The Morgan fingerprint density at radius 1 is 1.67 bits per heavy atom. The summed E-state index contributed by atoms with van der Waals surface area (Å²) in [5, 5.41) is 11.8. The average molecular weight is 208 g/mol. The van der Waals surface area contributed by atoms with Gasteiger partial charge in [-0.2, -0.15) is 5.26 Å². The largest absolute Gasteiger partial charge is 0.352 e. The number of nitrogens with one attached hydrogen (secondary N) is 1. The van der Waals surface area contributed by atoms with E-state index in [0.717, 1.165) is 12.8 Å². The molecular weight excluding hydrogens is 188 g/mol. The Labute approximate surface area is 91.9 Å². The Hall–Kier alpha value is -1.04. The van der Waals surface area contributed by atoms with Gasteiger partial charge in [-0.15, -0.1) is 0 Å². The van der Waals surface area contributed by atoms with Gasteiger partial charge < -0.3 is 5.32 Å². The highest BCUT2D eigenvalue weighted by Gasteiger charge is 2.36. The van der Waals surface area contributed by atoms with Crippen molar-refractivity contribution in [1.29, 1.82) is 5.26 Å². The predicted molar refractivity (Wildman–Crippen MR) is 59.0 cm³/mol. The van der Waals surface area contributed by atoms with Gasteiger partial charge in [-0.1, -0.05) is 27.2 Å². The fourth-order valence-corrected chi connectivity index (χ4v) is 2.20. The molecule has 1 saturated carbocycles. The van der Waals surface area contributed by atoms with Crippen LogP contribution in [-0.4, -0.2) is 11.9 Å². The standard InChI is InChI=1S/C12H20N2O/c1-4-9(8-13)11(15)14-10-6-5-7-12(10,2)3/h9-10H,4-7H2,1-3H3,(H,14,15). The minimum Gasteiger partial charge on any atom is -0.352 e. The van der Waals surface area contributed by atoms with E-state index < -0.39 is 5.92 Å². The van der Waals surface area contributed by atoms with E-state index in [9.17, 15) is 4.79 Å². The molecule has 84 valence electrons. The maximum Gasteiger partial charge on any atom is 0.237 e. The zero-order chi connectivity index (χ0) is 11.5. The molecular formula is C12H20N2O. The van der Waals surface area contributed by atoms with E-state index in [0.29, 0.717) is 6.42 Å². The highest BCUT2D eigenvalue weighted by molar-refractivity contribution is 5.81. The maximum absolute atomic E-state index is 11.7. The van der Waals surface area contributed by atoms with Crippen LogP contribution in [0.15, 0.2) is 0 Å². The second-order valence-electron chi connectivity index (χ2n) is 5.03. The molecule has 15 heavy (non-hydrogen) atoms. The van der Waals surface area contributed by atoms with Crippen molar-refractivity contribution >= 4 is 5.91 Å². The van der Waals surface area contributed by atoms with Crippen LogP contribution < -0.4 is 5.32 Å². The highest BCUT2D eigenvalue weighted by atomic mass is 16.1. The van der Waals surface area contributed by atoms with Gasteiger partial charge in [-0.3, -0.25) is 4.79 Å². The molecule has 1 amide bonds. The van der Waals surface area contributed by atoms with Crippen molar-refractivity contribution in [3.8, 4) is 6.07 Å². The molecule has 0 heterocycles. The number of nitriles is 1.